The molecule has 1 aromatic rings. The van der Waals surface area contributed by atoms with E-state index in [9.17, 15) is 44.3 Å². The van der Waals surface area contributed by atoms with Crippen LogP contribution in [0, 0.1) is 0 Å². The van der Waals surface area contributed by atoms with Crippen LogP contribution in [0.3, 0.4) is 0 Å². The summed E-state index contributed by atoms with van der Waals surface area (Å²) >= 11 is 0. The highest BCUT2D eigenvalue weighted by atomic mass is 19.4. The summed E-state index contributed by atoms with van der Waals surface area (Å²) in [6.07, 6.45) is -4.46. The zero-order valence-corrected chi connectivity index (χ0v) is 11.0. The molecule has 0 fully saturated rings. The topological polar surface area (TPSA) is 42.0 Å². The Morgan fingerprint density at radius 3 is 2.00 bits per heavy atom. The van der Waals surface area contributed by atoms with Crippen molar-refractivity contribution in [3.8, 4) is 0 Å². The van der Waals surface area contributed by atoms with Gasteiger partial charge in [-0.05, 0) is 12.1 Å². The van der Waals surface area contributed by atoms with E-state index in [0.29, 0.717) is 12.3 Å². The lowest BCUT2D eigenvalue weighted by molar-refractivity contribution is -0.289. The Morgan fingerprint density at radius 2 is 1.57 bits per heavy atom. The van der Waals surface area contributed by atoms with Crippen molar-refractivity contribution in [3.05, 3.63) is 23.9 Å². The molecule has 0 bridgehead atoms. The van der Waals surface area contributed by atoms with Gasteiger partial charge in [0.15, 0.2) is 0 Å². The highest BCUT2D eigenvalue weighted by Gasteiger charge is 2.73. The van der Waals surface area contributed by atoms with Crippen molar-refractivity contribution >= 4 is 11.7 Å². The third-order valence-electron chi connectivity index (χ3n) is 2.56. The molecule has 1 heterocycles. The van der Waals surface area contributed by atoms with Crippen molar-refractivity contribution in [1.82, 2.24) is 4.98 Å². The minimum atomic E-state index is -6.06. The van der Waals surface area contributed by atoms with Crippen molar-refractivity contribution in [2.75, 3.05) is 5.32 Å². The van der Waals surface area contributed by atoms with Crippen LogP contribution in [0.2, 0.25) is 0 Å². The molecule has 1 N–H and O–H groups in total. The Balaban J connectivity index is 3.09. The van der Waals surface area contributed by atoms with E-state index < -0.39 is 48.2 Å². The number of nitrogens with zero attached hydrogens (tertiary/aromatic N) is 1. The normalized spacial score (nSPS) is 13.8. The van der Waals surface area contributed by atoms with Crippen LogP contribution in [0.1, 0.15) is 12.5 Å². The average molecular weight is 354 g/mol. The molecule has 3 nitrogen and oxygen atoms in total. The van der Waals surface area contributed by atoms with E-state index in [2.05, 4.69) is 4.98 Å². The molecule has 0 aliphatic carbocycles. The molecule has 1 aromatic heterocycles. The molecule has 0 spiro atoms. The van der Waals surface area contributed by atoms with Crippen LogP contribution in [0.4, 0.5) is 45.3 Å². The molecule has 0 aliphatic heterocycles. The smallest absolute Gasteiger partial charge is 0.305 e. The molecule has 0 saturated carbocycles. The van der Waals surface area contributed by atoms with Gasteiger partial charge in [0.1, 0.15) is 5.82 Å². The van der Waals surface area contributed by atoms with Crippen molar-refractivity contribution in [3.63, 3.8) is 0 Å². The maximum absolute atomic E-state index is 13.2. The number of amides is 1. The fraction of sp³-hybridized carbons (Fsp3) is 0.455. The fourth-order valence-electron chi connectivity index (χ4n) is 1.29. The van der Waals surface area contributed by atoms with E-state index in [1.807, 2.05) is 0 Å². The maximum atomic E-state index is 13.2. The molecule has 0 unspecified atom stereocenters. The molecular weight excluding hydrogens is 347 g/mol. The summed E-state index contributed by atoms with van der Waals surface area (Å²) in [5.41, 5.74) is -1.42. The molecule has 130 valence electrons. The molecule has 0 atom stereocenters. The monoisotopic (exact) mass is 354 g/mol. The van der Waals surface area contributed by atoms with Crippen LogP contribution in [-0.4, -0.2) is 28.7 Å². The van der Waals surface area contributed by atoms with E-state index >= 15 is 0 Å². The average Bonchev–Trinajstić information content (AvgIpc) is 2.36. The first-order valence-electron chi connectivity index (χ1n) is 5.59. The highest BCUT2D eigenvalue weighted by molar-refractivity contribution is 5.96. The summed E-state index contributed by atoms with van der Waals surface area (Å²) in [5, 5.41) is 0.960. The van der Waals surface area contributed by atoms with Gasteiger partial charge in [-0.3, -0.25) is 4.79 Å². The van der Waals surface area contributed by atoms with Gasteiger partial charge in [-0.15, -0.1) is 0 Å². The maximum Gasteiger partial charge on any atom is 0.416 e. The third kappa shape index (κ3) is 3.67. The van der Waals surface area contributed by atoms with E-state index in [1.165, 1.54) is 0 Å². The van der Waals surface area contributed by atoms with Crippen LogP contribution in [-0.2, 0) is 11.0 Å². The van der Waals surface area contributed by atoms with Gasteiger partial charge >= 0.3 is 29.9 Å². The van der Waals surface area contributed by atoms with Crippen molar-refractivity contribution in [2.24, 2.45) is 0 Å². The van der Waals surface area contributed by atoms with Crippen LogP contribution < -0.4 is 5.32 Å². The number of hydrogen-bond acceptors (Lipinski definition) is 2. The van der Waals surface area contributed by atoms with E-state index in [0.717, 1.165) is 5.32 Å². The predicted molar refractivity (Wildman–Crippen MR) is 58.4 cm³/mol. The zero-order chi connectivity index (χ0) is 18.3. The number of anilines is 1. The molecule has 0 saturated heterocycles. The summed E-state index contributed by atoms with van der Waals surface area (Å²) in [6, 6.07) is 0.499. The summed E-state index contributed by atoms with van der Waals surface area (Å²) in [6.45, 7) is -0.531. The number of halogens is 9. The second kappa shape index (κ2) is 5.57. The molecular formula is C11H7F9N2O. The van der Waals surface area contributed by atoms with Gasteiger partial charge in [0.05, 0.1) is 5.56 Å². The number of aromatic nitrogens is 1. The van der Waals surface area contributed by atoms with Crippen LogP contribution in [0.5, 0.6) is 0 Å². The summed E-state index contributed by atoms with van der Waals surface area (Å²) in [4.78, 5) is 14.1. The summed E-state index contributed by atoms with van der Waals surface area (Å²) in [7, 11) is 0. The third-order valence-corrected chi connectivity index (χ3v) is 2.56. The number of carbonyl (C=O) groups is 1. The zero-order valence-electron chi connectivity index (χ0n) is 11.0. The first-order valence-corrected chi connectivity index (χ1v) is 5.59. The lowest BCUT2D eigenvalue weighted by Gasteiger charge is -2.29. The van der Waals surface area contributed by atoms with E-state index in [4.69, 9.17) is 0 Å². The van der Waals surface area contributed by atoms with Gasteiger partial charge in [0.25, 0.3) is 0 Å². The van der Waals surface area contributed by atoms with Gasteiger partial charge in [0, 0.05) is 13.1 Å². The number of pyridine rings is 1. The van der Waals surface area contributed by atoms with Crippen molar-refractivity contribution < 1.29 is 44.3 Å². The molecule has 12 heteroatoms. The van der Waals surface area contributed by atoms with E-state index in [-0.39, 0.29) is 6.07 Å². The van der Waals surface area contributed by atoms with Gasteiger partial charge in [0.2, 0.25) is 0 Å². The number of nitrogens with one attached hydrogen (secondary N) is 1. The van der Waals surface area contributed by atoms with Gasteiger partial charge in [-0.25, -0.2) is 4.98 Å². The SMILES string of the molecule is CC(F)(F)C(F)(F)C(F)(F)C(=O)Nc1cc(C(F)(F)F)ccn1. The van der Waals surface area contributed by atoms with Crippen molar-refractivity contribution in [2.45, 2.75) is 30.9 Å². The lowest BCUT2D eigenvalue weighted by Crippen LogP contribution is -2.58. The first kappa shape index (κ1) is 19.0. The predicted octanol–water partition coefficient (Wildman–Crippen LogP) is 3.96. The second-order valence-corrected chi connectivity index (χ2v) is 4.42. The molecule has 1 rings (SSSR count). The molecule has 0 aliphatic rings. The Kier molecular flexibility index (Phi) is 4.61. The Bertz CT molecular complexity index is 592. The lowest BCUT2D eigenvalue weighted by atomic mass is 10.1. The standard InChI is InChI=1S/C11H7F9N2O/c1-8(12,13)11(19,20)9(14,15)7(23)22-6-4-5(2-3-21-6)10(16,17)18/h2-4H,1H3,(H,21,22,23). The fourth-order valence-corrected chi connectivity index (χ4v) is 1.29. The van der Waals surface area contributed by atoms with Gasteiger partial charge in [-0.1, -0.05) is 0 Å². The Labute approximate surface area is 122 Å². The number of alkyl halides is 9. The number of hydrogen-bond donors (Lipinski definition) is 1. The highest BCUT2D eigenvalue weighted by Crippen LogP contribution is 2.45. The second-order valence-electron chi connectivity index (χ2n) is 4.42. The quantitative estimate of drug-likeness (QED) is 0.832. The Hall–Kier alpha value is -2.01. The Morgan fingerprint density at radius 1 is 1.04 bits per heavy atom. The van der Waals surface area contributed by atoms with Crippen LogP contribution in [0.15, 0.2) is 18.3 Å². The number of rotatable bonds is 4. The largest absolute Gasteiger partial charge is 0.416 e. The van der Waals surface area contributed by atoms with Gasteiger partial charge in [-0.2, -0.15) is 39.5 Å². The first-order chi connectivity index (χ1) is 10.1. The minimum Gasteiger partial charge on any atom is -0.305 e. The summed E-state index contributed by atoms with van der Waals surface area (Å²) in [5.74, 6) is -21.3. The molecule has 0 radical (unpaired) electrons. The van der Waals surface area contributed by atoms with Crippen LogP contribution >= 0.6 is 0 Å². The van der Waals surface area contributed by atoms with Crippen molar-refractivity contribution in [1.29, 1.82) is 0 Å². The van der Waals surface area contributed by atoms with E-state index in [1.54, 1.807) is 0 Å². The van der Waals surface area contributed by atoms with Gasteiger partial charge < -0.3 is 5.32 Å². The van der Waals surface area contributed by atoms with Crippen LogP contribution in [0.25, 0.3) is 0 Å². The summed E-state index contributed by atoms with van der Waals surface area (Å²) < 4.78 is 115. The number of carbonyl (C=O) groups excluding carboxylic acids is 1. The molecule has 23 heavy (non-hydrogen) atoms. The molecule has 1 amide bonds. The minimum absolute atomic E-state index is 0.0796. The molecule has 0 aromatic carbocycles.